The molecule has 1 atom stereocenters. The monoisotopic (exact) mass is 364 g/mol. The Hall–Kier alpha value is -2.56. The number of rotatable bonds is 4. The molecule has 0 saturated carbocycles. The van der Waals surface area contributed by atoms with E-state index in [4.69, 9.17) is 5.73 Å². The van der Waals surface area contributed by atoms with Crippen LogP contribution in [-0.4, -0.2) is 30.5 Å². The molecule has 0 radical (unpaired) electrons. The van der Waals surface area contributed by atoms with Gasteiger partial charge in [0.1, 0.15) is 5.82 Å². The second-order valence-electron chi connectivity index (χ2n) is 7.85. The molecule has 5 nitrogen and oxygen atoms in total. The number of nitrogens with one attached hydrogen (secondary N) is 1. The number of hydrogen-bond donors (Lipinski definition) is 2. The summed E-state index contributed by atoms with van der Waals surface area (Å²) in [7, 11) is 0. The average molecular weight is 364 g/mol. The number of nitrogens with two attached hydrogens (primary N) is 1. The topological polar surface area (TPSA) is 71.2 Å². The second-order valence-corrected chi connectivity index (χ2v) is 7.85. The molecule has 3 N–H and O–H groups in total. The summed E-state index contributed by atoms with van der Waals surface area (Å²) in [6.45, 7) is 4.71. The highest BCUT2D eigenvalue weighted by Crippen LogP contribution is 2.51. The van der Waals surface area contributed by atoms with Crippen LogP contribution in [0.15, 0.2) is 42.6 Å². The van der Waals surface area contributed by atoms with E-state index < -0.39 is 0 Å². The molecule has 142 valence electrons. The highest BCUT2D eigenvalue weighted by molar-refractivity contribution is 5.85. The van der Waals surface area contributed by atoms with Crippen LogP contribution in [0.5, 0.6) is 0 Å². The number of nitrogens with zero attached hydrogens (tertiary/aromatic N) is 2. The number of piperidine rings is 1. The zero-order valence-electron chi connectivity index (χ0n) is 15.9. The van der Waals surface area contributed by atoms with E-state index >= 15 is 0 Å². The number of carbonyl (C=O) groups excluding carboxylic acids is 1. The summed E-state index contributed by atoms with van der Waals surface area (Å²) in [5.41, 5.74) is 9.37. The lowest BCUT2D eigenvalue weighted by Crippen LogP contribution is -2.42. The lowest BCUT2D eigenvalue weighted by Gasteiger charge is -2.41. The first-order valence-corrected chi connectivity index (χ1v) is 9.96. The Bertz CT molecular complexity index is 827. The van der Waals surface area contributed by atoms with Gasteiger partial charge in [0.25, 0.3) is 0 Å². The third-order valence-corrected chi connectivity index (χ3v) is 6.18. The van der Waals surface area contributed by atoms with E-state index in [9.17, 15) is 4.79 Å². The molecular weight excluding hydrogens is 336 g/mol. The second kappa shape index (κ2) is 7.22. The quantitative estimate of drug-likeness (QED) is 0.874. The highest BCUT2D eigenvalue weighted by Gasteiger charge is 2.47. The molecular formula is C22H28N4O. The lowest BCUT2D eigenvalue weighted by atomic mass is 9.73. The van der Waals surface area contributed by atoms with Crippen molar-refractivity contribution in [2.45, 2.75) is 43.9 Å². The molecule has 2 aliphatic rings. The van der Waals surface area contributed by atoms with Crippen LogP contribution in [0, 0.1) is 0 Å². The first kappa shape index (κ1) is 17.8. The van der Waals surface area contributed by atoms with Gasteiger partial charge in [0.05, 0.1) is 5.92 Å². The van der Waals surface area contributed by atoms with Crippen LogP contribution in [0.2, 0.25) is 0 Å². The van der Waals surface area contributed by atoms with Crippen molar-refractivity contribution < 1.29 is 4.79 Å². The molecule has 1 saturated heterocycles. The first-order valence-electron chi connectivity index (χ1n) is 9.96. The molecule has 1 aliphatic heterocycles. The van der Waals surface area contributed by atoms with Crippen molar-refractivity contribution in [1.29, 1.82) is 0 Å². The maximum Gasteiger partial charge on any atom is 0.227 e. The molecule has 1 aliphatic carbocycles. The van der Waals surface area contributed by atoms with Crippen molar-refractivity contribution in [3.05, 3.63) is 53.7 Å². The summed E-state index contributed by atoms with van der Waals surface area (Å²) in [6.07, 6.45) is 5.73. The number of pyridine rings is 1. The largest absolute Gasteiger partial charge is 0.399 e. The summed E-state index contributed by atoms with van der Waals surface area (Å²) in [5.74, 6) is 1.11. The summed E-state index contributed by atoms with van der Waals surface area (Å²) in [5, 5.41) is 3.10. The Balaban J connectivity index is 1.55. The first-order chi connectivity index (χ1) is 13.1. The molecule has 0 bridgehead atoms. The molecule has 1 aromatic heterocycles. The van der Waals surface area contributed by atoms with E-state index in [0.29, 0.717) is 0 Å². The SMILES string of the molecule is CCCNC(=O)[C@H]1CC2(CCN(c3cc(N)ccn3)CC2)c2ccccc21. The van der Waals surface area contributed by atoms with Crippen molar-refractivity contribution in [3.63, 3.8) is 0 Å². The van der Waals surface area contributed by atoms with Gasteiger partial charge in [-0.05, 0) is 42.9 Å². The van der Waals surface area contributed by atoms with Gasteiger partial charge in [-0.1, -0.05) is 31.2 Å². The Morgan fingerprint density at radius 1 is 1.30 bits per heavy atom. The smallest absolute Gasteiger partial charge is 0.227 e. The third kappa shape index (κ3) is 3.27. The number of nitrogen functional groups attached to an aromatic ring is 1. The van der Waals surface area contributed by atoms with Crippen LogP contribution in [0.25, 0.3) is 0 Å². The molecule has 2 heterocycles. The Morgan fingerprint density at radius 3 is 2.81 bits per heavy atom. The van der Waals surface area contributed by atoms with E-state index in [1.165, 1.54) is 11.1 Å². The Morgan fingerprint density at radius 2 is 2.07 bits per heavy atom. The molecule has 1 spiro atoms. The van der Waals surface area contributed by atoms with Crippen LogP contribution in [0.4, 0.5) is 11.5 Å². The zero-order chi connectivity index (χ0) is 18.9. The van der Waals surface area contributed by atoms with Crippen LogP contribution in [0.1, 0.15) is 49.7 Å². The fourth-order valence-electron chi connectivity index (χ4n) is 4.74. The van der Waals surface area contributed by atoms with Gasteiger partial charge in [-0.3, -0.25) is 4.79 Å². The normalized spacial score (nSPS) is 20.5. The van der Waals surface area contributed by atoms with Gasteiger partial charge in [0.2, 0.25) is 5.91 Å². The van der Waals surface area contributed by atoms with Crippen LogP contribution < -0.4 is 16.0 Å². The van der Waals surface area contributed by atoms with E-state index in [0.717, 1.165) is 56.8 Å². The number of benzene rings is 1. The van der Waals surface area contributed by atoms with E-state index in [1.54, 1.807) is 6.20 Å². The van der Waals surface area contributed by atoms with Crippen LogP contribution in [-0.2, 0) is 10.2 Å². The van der Waals surface area contributed by atoms with Crippen molar-refractivity contribution in [3.8, 4) is 0 Å². The van der Waals surface area contributed by atoms with Gasteiger partial charge < -0.3 is 16.0 Å². The predicted octanol–water partition coefficient (Wildman–Crippen LogP) is 3.22. The minimum Gasteiger partial charge on any atom is -0.399 e. The molecule has 1 fully saturated rings. The fourth-order valence-corrected chi connectivity index (χ4v) is 4.74. The third-order valence-electron chi connectivity index (χ3n) is 6.18. The molecule has 1 amide bonds. The van der Waals surface area contributed by atoms with Crippen molar-refractivity contribution in [2.75, 3.05) is 30.3 Å². The van der Waals surface area contributed by atoms with E-state index in [-0.39, 0.29) is 17.2 Å². The number of fused-ring (bicyclic) bond motifs is 2. The summed E-state index contributed by atoms with van der Waals surface area (Å²) >= 11 is 0. The number of carbonyl (C=O) groups is 1. The summed E-state index contributed by atoms with van der Waals surface area (Å²) in [4.78, 5) is 19.6. The number of anilines is 2. The molecule has 27 heavy (non-hydrogen) atoms. The van der Waals surface area contributed by atoms with Gasteiger partial charge in [-0.15, -0.1) is 0 Å². The van der Waals surface area contributed by atoms with Gasteiger partial charge in [-0.2, -0.15) is 0 Å². The van der Waals surface area contributed by atoms with Crippen molar-refractivity contribution >= 4 is 17.4 Å². The summed E-state index contributed by atoms with van der Waals surface area (Å²) < 4.78 is 0. The number of amides is 1. The average Bonchev–Trinajstić information content (AvgIpc) is 3.01. The van der Waals surface area contributed by atoms with Crippen molar-refractivity contribution in [1.82, 2.24) is 10.3 Å². The van der Waals surface area contributed by atoms with Crippen LogP contribution in [0.3, 0.4) is 0 Å². The maximum atomic E-state index is 12.8. The molecule has 4 rings (SSSR count). The Kier molecular flexibility index (Phi) is 4.77. The number of hydrogen-bond acceptors (Lipinski definition) is 4. The molecule has 2 aromatic rings. The van der Waals surface area contributed by atoms with E-state index in [2.05, 4.69) is 46.4 Å². The highest BCUT2D eigenvalue weighted by atomic mass is 16.1. The zero-order valence-corrected chi connectivity index (χ0v) is 15.9. The fraction of sp³-hybridized carbons (Fsp3) is 0.455. The molecule has 1 aromatic carbocycles. The minimum absolute atomic E-state index is 0.0233. The van der Waals surface area contributed by atoms with E-state index in [1.807, 2.05) is 12.1 Å². The van der Waals surface area contributed by atoms with Gasteiger partial charge in [-0.25, -0.2) is 4.98 Å². The number of aromatic nitrogens is 1. The standard InChI is InChI=1S/C22H28N4O/c1-2-10-25-21(27)18-15-22(19-6-4-3-5-17(18)19)8-12-26(13-9-22)20-14-16(23)7-11-24-20/h3-7,11,14,18H,2,8-10,12-13,15H2,1H3,(H2,23,24)(H,25,27)/t18-/m0/s1. The summed E-state index contributed by atoms with van der Waals surface area (Å²) in [6, 6.07) is 12.3. The van der Waals surface area contributed by atoms with Crippen LogP contribution >= 0.6 is 0 Å². The maximum absolute atomic E-state index is 12.8. The predicted molar refractivity (Wildman–Crippen MR) is 109 cm³/mol. The van der Waals surface area contributed by atoms with Gasteiger partial charge >= 0.3 is 0 Å². The van der Waals surface area contributed by atoms with Crippen molar-refractivity contribution in [2.24, 2.45) is 0 Å². The van der Waals surface area contributed by atoms with Gasteiger partial charge in [0, 0.05) is 43.0 Å². The molecule has 0 unspecified atom stereocenters. The molecule has 5 heteroatoms. The Labute approximate surface area is 161 Å². The minimum atomic E-state index is -0.0233. The lowest BCUT2D eigenvalue weighted by molar-refractivity contribution is -0.122. The van der Waals surface area contributed by atoms with Gasteiger partial charge in [0.15, 0.2) is 0 Å².